The Morgan fingerprint density at radius 3 is 2.65 bits per heavy atom. The summed E-state index contributed by atoms with van der Waals surface area (Å²) in [5.41, 5.74) is 5.80. The van der Waals surface area contributed by atoms with E-state index in [0.717, 1.165) is 36.5 Å². The van der Waals surface area contributed by atoms with E-state index in [9.17, 15) is 4.79 Å². The minimum atomic E-state index is 0.104. The molecule has 0 aliphatic carbocycles. The van der Waals surface area contributed by atoms with E-state index in [0.29, 0.717) is 12.3 Å². The number of amides is 1. The second-order valence-corrected chi connectivity index (χ2v) is 7.67. The fourth-order valence-electron chi connectivity index (χ4n) is 3.40. The molecule has 2 heterocycles. The first-order valence-corrected chi connectivity index (χ1v) is 9.49. The average molecular weight is 351 g/mol. The van der Waals surface area contributed by atoms with Gasteiger partial charge in [0.05, 0.1) is 18.3 Å². The van der Waals surface area contributed by atoms with Gasteiger partial charge in [-0.15, -0.1) is 0 Å². The zero-order valence-electron chi connectivity index (χ0n) is 16.2. The maximum absolute atomic E-state index is 12.4. The van der Waals surface area contributed by atoms with E-state index in [-0.39, 0.29) is 11.9 Å². The van der Waals surface area contributed by atoms with Crippen LogP contribution in [0.2, 0.25) is 0 Å². The molecular formula is C22H29N3O. The number of hydrogen-bond donors (Lipinski definition) is 1. The highest BCUT2D eigenvalue weighted by Gasteiger charge is 2.24. The van der Waals surface area contributed by atoms with Crippen molar-refractivity contribution in [3.63, 3.8) is 0 Å². The average Bonchev–Trinajstić information content (AvgIpc) is 3.06. The van der Waals surface area contributed by atoms with Gasteiger partial charge in [0, 0.05) is 24.8 Å². The van der Waals surface area contributed by atoms with Crippen LogP contribution >= 0.6 is 0 Å². The molecule has 1 aliphatic heterocycles. The maximum Gasteiger partial charge on any atom is 0.224 e. The lowest BCUT2D eigenvalue weighted by Crippen LogP contribution is -2.38. The summed E-state index contributed by atoms with van der Waals surface area (Å²) in [5, 5.41) is 3.19. The van der Waals surface area contributed by atoms with Gasteiger partial charge < -0.3 is 10.2 Å². The van der Waals surface area contributed by atoms with Gasteiger partial charge in [-0.05, 0) is 48.9 Å². The Morgan fingerprint density at radius 2 is 2.00 bits per heavy atom. The van der Waals surface area contributed by atoms with Crippen molar-refractivity contribution in [1.29, 1.82) is 0 Å². The van der Waals surface area contributed by atoms with Crippen molar-refractivity contribution in [3.05, 3.63) is 58.9 Å². The number of hydrogen-bond acceptors (Lipinski definition) is 3. The topological polar surface area (TPSA) is 45.2 Å². The molecule has 1 fully saturated rings. The van der Waals surface area contributed by atoms with Gasteiger partial charge in [-0.3, -0.25) is 9.78 Å². The molecule has 1 atom stereocenters. The van der Waals surface area contributed by atoms with Crippen LogP contribution in [0, 0.1) is 13.8 Å². The number of anilines is 1. The van der Waals surface area contributed by atoms with Crippen molar-refractivity contribution < 1.29 is 4.79 Å². The van der Waals surface area contributed by atoms with Crippen LogP contribution < -0.4 is 10.2 Å². The maximum atomic E-state index is 12.4. The van der Waals surface area contributed by atoms with E-state index in [2.05, 4.69) is 66.3 Å². The molecule has 1 N–H and O–H groups in total. The number of nitrogens with one attached hydrogen (secondary N) is 1. The molecule has 1 amide bonds. The smallest absolute Gasteiger partial charge is 0.224 e. The number of carbonyl (C=O) groups is 1. The molecule has 1 saturated heterocycles. The SMILES string of the molecule is Cc1cc(N2CC[C@@H](NC(=O)Cc3ccc(C(C)C)cc3)C2)cnc1C. The van der Waals surface area contributed by atoms with Crippen molar-refractivity contribution in [2.24, 2.45) is 0 Å². The Morgan fingerprint density at radius 1 is 1.27 bits per heavy atom. The summed E-state index contributed by atoms with van der Waals surface area (Å²) in [6.45, 7) is 10.3. The number of aromatic nitrogens is 1. The molecule has 4 nitrogen and oxygen atoms in total. The first-order valence-electron chi connectivity index (χ1n) is 9.49. The predicted octanol–water partition coefficient (Wildman–Crippen LogP) is 3.76. The second-order valence-electron chi connectivity index (χ2n) is 7.67. The first kappa shape index (κ1) is 18.4. The lowest BCUT2D eigenvalue weighted by molar-refractivity contribution is -0.121. The third-order valence-corrected chi connectivity index (χ3v) is 5.26. The van der Waals surface area contributed by atoms with Gasteiger partial charge in [0.2, 0.25) is 5.91 Å². The number of nitrogens with zero attached hydrogens (tertiary/aromatic N) is 2. The van der Waals surface area contributed by atoms with Crippen LogP contribution in [0.25, 0.3) is 0 Å². The van der Waals surface area contributed by atoms with Gasteiger partial charge >= 0.3 is 0 Å². The van der Waals surface area contributed by atoms with Crippen LogP contribution in [0.5, 0.6) is 0 Å². The zero-order valence-corrected chi connectivity index (χ0v) is 16.2. The fraction of sp³-hybridized carbons (Fsp3) is 0.455. The van der Waals surface area contributed by atoms with E-state index >= 15 is 0 Å². The molecule has 4 heteroatoms. The highest BCUT2D eigenvalue weighted by Crippen LogP contribution is 2.22. The van der Waals surface area contributed by atoms with Gasteiger partial charge in [0.15, 0.2) is 0 Å². The molecule has 138 valence electrons. The Bertz CT molecular complexity index is 767. The molecule has 0 saturated carbocycles. The van der Waals surface area contributed by atoms with Gasteiger partial charge in [0.25, 0.3) is 0 Å². The van der Waals surface area contributed by atoms with Crippen molar-refractivity contribution in [2.75, 3.05) is 18.0 Å². The number of carbonyl (C=O) groups excluding carboxylic acids is 1. The summed E-state index contributed by atoms with van der Waals surface area (Å²) in [6.07, 6.45) is 3.35. The molecule has 0 unspecified atom stereocenters. The molecule has 3 rings (SSSR count). The molecular weight excluding hydrogens is 322 g/mol. The number of benzene rings is 1. The van der Waals surface area contributed by atoms with Crippen molar-refractivity contribution in [2.45, 2.75) is 52.5 Å². The Labute approximate surface area is 156 Å². The lowest BCUT2D eigenvalue weighted by atomic mass is 10.0. The summed E-state index contributed by atoms with van der Waals surface area (Å²) < 4.78 is 0. The van der Waals surface area contributed by atoms with Crippen LogP contribution in [-0.2, 0) is 11.2 Å². The monoisotopic (exact) mass is 351 g/mol. The van der Waals surface area contributed by atoms with Crippen molar-refractivity contribution in [1.82, 2.24) is 10.3 Å². The Hall–Kier alpha value is -2.36. The van der Waals surface area contributed by atoms with E-state index in [4.69, 9.17) is 0 Å². The molecule has 0 bridgehead atoms. The largest absolute Gasteiger partial charge is 0.368 e. The minimum absolute atomic E-state index is 0.104. The molecule has 0 spiro atoms. The first-order chi connectivity index (χ1) is 12.4. The molecule has 2 aromatic rings. The van der Waals surface area contributed by atoms with Crippen LogP contribution in [0.15, 0.2) is 36.5 Å². The van der Waals surface area contributed by atoms with Crippen LogP contribution in [0.4, 0.5) is 5.69 Å². The lowest BCUT2D eigenvalue weighted by Gasteiger charge is -2.19. The van der Waals surface area contributed by atoms with Gasteiger partial charge in [-0.2, -0.15) is 0 Å². The van der Waals surface area contributed by atoms with Crippen molar-refractivity contribution in [3.8, 4) is 0 Å². The highest BCUT2D eigenvalue weighted by atomic mass is 16.1. The quantitative estimate of drug-likeness (QED) is 0.892. The van der Waals surface area contributed by atoms with Gasteiger partial charge in [-0.1, -0.05) is 38.1 Å². The molecule has 0 radical (unpaired) electrons. The standard InChI is InChI=1S/C22H29N3O/c1-15(2)19-7-5-18(6-8-19)12-22(26)24-20-9-10-25(14-20)21-11-16(3)17(4)23-13-21/h5-8,11,13,15,20H,9-10,12,14H2,1-4H3,(H,24,26)/t20-/m1/s1. The van der Waals surface area contributed by atoms with E-state index < -0.39 is 0 Å². The number of pyridine rings is 1. The van der Waals surface area contributed by atoms with Crippen LogP contribution in [0.1, 0.15) is 48.6 Å². The number of aryl methyl sites for hydroxylation is 2. The van der Waals surface area contributed by atoms with Gasteiger partial charge in [-0.25, -0.2) is 0 Å². The number of rotatable bonds is 5. The molecule has 1 aliphatic rings. The summed E-state index contributed by atoms with van der Waals surface area (Å²) in [4.78, 5) is 19.1. The van der Waals surface area contributed by atoms with Crippen molar-refractivity contribution >= 4 is 11.6 Å². The third-order valence-electron chi connectivity index (χ3n) is 5.26. The molecule has 1 aromatic heterocycles. The zero-order chi connectivity index (χ0) is 18.7. The summed E-state index contributed by atoms with van der Waals surface area (Å²) in [6, 6.07) is 10.8. The minimum Gasteiger partial charge on any atom is -0.368 e. The van der Waals surface area contributed by atoms with E-state index in [1.165, 1.54) is 11.1 Å². The second kappa shape index (κ2) is 7.90. The summed E-state index contributed by atoms with van der Waals surface area (Å²) in [7, 11) is 0. The predicted molar refractivity (Wildman–Crippen MR) is 107 cm³/mol. The Kier molecular flexibility index (Phi) is 5.60. The fourth-order valence-corrected chi connectivity index (χ4v) is 3.40. The van der Waals surface area contributed by atoms with E-state index in [1.807, 2.05) is 13.1 Å². The molecule has 26 heavy (non-hydrogen) atoms. The Balaban J connectivity index is 1.53. The highest BCUT2D eigenvalue weighted by molar-refractivity contribution is 5.79. The van der Waals surface area contributed by atoms with Crippen LogP contribution in [0.3, 0.4) is 0 Å². The van der Waals surface area contributed by atoms with Crippen LogP contribution in [-0.4, -0.2) is 30.0 Å². The third kappa shape index (κ3) is 4.43. The van der Waals surface area contributed by atoms with E-state index in [1.54, 1.807) is 0 Å². The normalized spacial score (nSPS) is 17.0. The summed E-state index contributed by atoms with van der Waals surface area (Å²) in [5.74, 6) is 0.620. The summed E-state index contributed by atoms with van der Waals surface area (Å²) >= 11 is 0. The molecule has 1 aromatic carbocycles. The van der Waals surface area contributed by atoms with Gasteiger partial charge in [0.1, 0.15) is 0 Å².